The van der Waals surface area contributed by atoms with E-state index >= 15 is 0 Å². The van der Waals surface area contributed by atoms with Gasteiger partial charge in [-0.3, -0.25) is 4.98 Å². The van der Waals surface area contributed by atoms with Crippen molar-refractivity contribution < 1.29 is 5.11 Å². The lowest BCUT2D eigenvalue weighted by atomic mass is 10.0. The maximum Gasteiger partial charge on any atom is 0.161 e. The van der Waals surface area contributed by atoms with Crippen LogP contribution >= 0.6 is 0 Å². The summed E-state index contributed by atoms with van der Waals surface area (Å²) in [5.41, 5.74) is 1.92. The average Bonchev–Trinajstić information content (AvgIpc) is 2.54. The molecule has 2 aromatic heterocycles. The molecule has 0 amide bonds. The van der Waals surface area contributed by atoms with Crippen LogP contribution in [0.5, 0.6) is 0 Å². The third kappa shape index (κ3) is 4.49. The minimum Gasteiger partial charge on any atom is -0.394 e. The zero-order valence-corrected chi connectivity index (χ0v) is 13.5. The highest BCUT2D eigenvalue weighted by atomic mass is 16.3. The number of pyridine rings is 1. The zero-order valence-electron chi connectivity index (χ0n) is 13.5. The van der Waals surface area contributed by atoms with Crippen molar-refractivity contribution in [1.29, 1.82) is 0 Å². The summed E-state index contributed by atoms with van der Waals surface area (Å²) < 4.78 is 0. The molecule has 118 valence electrons. The van der Waals surface area contributed by atoms with Gasteiger partial charge in [-0.25, -0.2) is 9.97 Å². The van der Waals surface area contributed by atoms with Crippen LogP contribution in [0.25, 0.3) is 11.4 Å². The molecule has 1 unspecified atom stereocenters. The molecule has 0 bridgehead atoms. The molecule has 5 nitrogen and oxygen atoms in total. The number of nitrogens with zero attached hydrogens (tertiary/aromatic N) is 3. The Balaban J connectivity index is 2.28. The summed E-state index contributed by atoms with van der Waals surface area (Å²) in [7, 11) is 0. The van der Waals surface area contributed by atoms with Crippen LogP contribution in [0.15, 0.2) is 30.6 Å². The van der Waals surface area contributed by atoms with Gasteiger partial charge in [-0.2, -0.15) is 0 Å². The highest BCUT2D eigenvalue weighted by Crippen LogP contribution is 2.19. The molecule has 0 spiro atoms. The van der Waals surface area contributed by atoms with Crippen molar-refractivity contribution >= 4 is 5.82 Å². The van der Waals surface area contributed by atoms with Crippen LogP contribution < -0.4 is 5.32 Å². The van der Waals surface area contributed by atoms with Gasteiger partial charge < -0.3 is 10.4 Å². The van der Waals surface area contributed by atoms with Gasteiger partial charge in [-0.1, -0.05) is 20.8 Å². The number of anilines is 1. The molecule has 0 saturated heterocycles. The predicted octanol–water partition coefficient (Wildman–Crippen LogP) is 2.92. The molecule has 0 aromatic carbocycles. The van der Waals surface area contributed by atoms with Crippen molar-refractivity contribution in [3.8, 4) is 11.4 Å². The third-order valence-electron chi connectivity index (χ3n) is 3.41. The maximum atomic E-state index is 9.53. The standard InChI is InChI=1S/C17H24N4O/c1-4-14-10-16(19-15(11-22)9-12(2)3)21-17(20-14)13-5-7-18-8-6-13/h5-8,10,12,15,22H,4,9,11H2,1-3H3,(H,19,20,21). The van der Waals surface area contributed by atoms with Crippen molar-refractivity contribution in [3.05, 3.63) is 36.3 Å². The minimum atomic E-state index is 0.00453. The molecule has 0 saturated carbocycles. The monoisotopic (exact) mass is 300 g/mol. The van der Waals surface area contributed by atoms with Gasteiger partial charge in [-0.05, 0) is 30.9 Å². The summed E-state index contributed by atoms with van der Waals surface area (Å²) >= 11 is 0. The lowest BCUT2D eigenvalue weighted by Gasteiger charge is -2.19. The van der Waals surface area contributed by atoms with Crippen molar-refractivity contribution in [3.63, 3.8) is 0 Å². The molecular weight excluding hydrogens is 276 g/mol. The Morgan fingerprint density at radius 1 is 1.18 bits per heavy atom. The number of hydrogen-bond donors (Lipinski definition) is 2. The van der Waals surface area contributed by atoms with Crippen molar-refractivity contribution in [2.45, 2.75) is 39.7 Å². The summed E-state index contributed by atoms with van der Waals surface area (Å²) in [5.74, 6) is 1.96. The molecule has 0 aliphatic heterocycles. The Kier molecular flexibility index (Phi) is 5.83. The van der Waals surface area contributed by atoms with Crippen LogP contribution in [0, 0.1) is 5.92 Å². The second-order valence-electron chi connectivity index (χ2n) is 5.81. The topological polar surface area (TPSA) is 70.9 Å². The smallest absolute Gasteiger partial charge is 0.161 e. The van der Waals surface area contributed by atoms with Crippen LogP contribution in [0.4, 0.5) is 5.82 Å². The number of nitrogens with one attached hydrogen (secondary N) is 1. The maximum absolute atomic E-state index is 9.53. The Bertz CT molecular complexity index is 586. The molecule has 22 heavy (non-hydrogen) atoms. The van der Waals surface area contributed by atoms with E-state index in [2.05, 4.69) is 41.0 Å². The minimum absolute atomic E-state index is 0.00453. The first kappa shape index (κ1) is 16.4. The molecule has 2 heterocycles. The molecular formula is C17H24N4O. The van der Waals surface area contributed by atoms with Crippen LogP contribution in [0.2, 0.25) is 0 Å². The normalized spacial score (nSPS) is 12.4. The molecule has 0 aliphatic rings. The van der Waals surface area contributed by atoms with E-state index in [-0.39, 0.29) is 12.6 Å². The number of aliphatic hydroxyl groups is 1. The zero-order chi connectivity index (χ0) is 15.9. The van der Waals surface area contributed by atoms with Crippen LogP contribution in [0.1, 0.15) is 32.9 Å². The number of aromatic nitrogens is 3. The Morgan fingerprint density at radius 2 is 1.91 bits per heavy atom. The fourth-order valence-corrected chi connectivity index (χ4v) is 2.34. The van der Waals surface area contributed by atoms with E-state index in [4.69, 9.17) is 0 Å². The van der Waals surface area contributed by atoms with Gasteiger partial charge in [0.2, 0.25) is 0 Å². The van der Waals surface area contributed by atoms with Crippen molar-refractivity contribution in [2.75, 3.05) is 11.9 Å². The van der Waals surface area contributed by atoms with E-state index in [1.54, 1.807) is 12.4 Å². The third-order valence-corrected chi connectivity index (χ3v) is 3.41. The molecule has 2 N–H and O–H groups in total. The van der Waals surface area contributed by atoms with E-state index < -0.39 is 0 Å². The Labute approximate surface area is 131 Å². The second kappa shape index (κ2) is 7.84. The Morgan fingerprint density at radius 3 is 2.50 bits per heavy atom. The van der Waals surface area contributed by atoms with Crippen LogP contribution in [0.3, 0.4) is 0 Å². The van der Waals surface area contributed by atoms with E-state index in [1.807, 2.05) is 18.2 Å². The first-order valence-corrected chi connectivity index (χ1v) is 7.78. The van der Waals surface area contributed by atoms with E-state index in [9.17, 15) is 5.11 Å². The SMILES string of the molecule is CCc1cc(NC(CO)CC(C)C)nc(-c2ccncc2)n1. The van der Waals surface area contributed by atoms with E-state index in [0.29, 0.717) is 11.7 Å². The van der Waals surface area contributed by atoms with Crippen molar-refractivity contribution in [2.24, 2.45) is 5.92 Å². The summed E-state index contributed by atoms with van der Waals surface area (Å²) in [5, 5.41) is 12.9. The summed E-state index contributed by atoms with van der Waals surface area (Å²) in [6, 6.07) is 5.75. The highest BCUT2D eigenvalue weighted by molar-refractivity contribution is 5.56. The first-order chi connectivity index (χ1) is 10.6. The van der Waals surface area contributed by atoms with Gasteiger partial charge in [0.05, 0.1) is 12.6 Å². The fraction of sp³-hybridized carbons (Fsp3) is 0.471. The highest BCUT2D eigenvalue weighted by Gasteiger charge is 2.12. The molecule has 1 atom stereocenters. The second-order valence-corrected chi connectivity index (χ2v) is 5.81. The lowest BCUT2D eigenvalue weighted by Crippen LogP contribution is -2.26. The molecule has 5 heteroatoms. The molecule has 0 radical (unpaired) electrons. The van der Waals surface area contributed by atoms with Gasteiger partial charge in [0.1, 0.15) is 5.82 Å². The van der Waals surface area contributed by atoms with Crippen molar-refractivity contribution in [1.82, 2.24) is 15.0 Å². The number of rotatable bonds is 7. The molecule has 2 rings (SSSR count). The van der Waals surface area contributed by atoms with Crippen LogP contribution in [-0.4, -0.2) is 32.7 Å². The number of hydrogen-bond acceptors (Lipinski definition) is 5. The van der Waals surface area contributed by atoms with E-state index in [1.165, 1.54) is 0 Å². The van der Waals surface area contributed by atoms with Gasteiger partial charge in [0.15, 0.2) is 5.82 Å². The Hall–Kier alpha value is -2.01. The van der Waals surface area contributed by atoms with E-state index in [0.717, 1.165) is 29.9 Å². The fourth-order valence-electron chi connectivity index (χ4n) is 2.34. The number of aryl methyl sites for hydroxylation is 1. The molecule has 0 fully saturated rings. The first-order valence-electron chi connectivity index (χ1n) is 7.78. The van der Waals surface area contributed by atoms with Gasteiger partial charge in [-0.15, -0.1) is 0 Å². The van der Waals surface area contributed by atoms with Gasteiger partial charge in [0.25, 0.3) is 0 Å². The quantitative estimate of drug-likeness (QED) is 0.822. The largest absolute Gasteiger partial charge is 0.394 e. The summed E-state index contributed by atoms with van der Waals surface area (Å²) in [6.45, 7) is 6.45. The van der Waals surface area contributed by atoms with Gasteiger partial charge >= 0.3 is 0 Å². The van der Waals surface area contributed by atoms with Gasteiger partial charge in [0, 0.05) is 29.7 Å². The summed E-state index contributed by atoms with van der Waals surface area (Å²) in [6.07, 6.45) is 5.20. The average molecular weight is 300 g/mol. The lowest BCUT2D eigenvalue weighted by molar-refractivity contribution is 0.259. The molecule has 2 aromatic rings. The predicted molar refractivity (Wildman–Crippen MR) is 88.6 cm³/mol. The molecule has 0 aliphatic carbocycles. The van der Waals surface area contributed by atoms with Crippen LogP contribution in [-0.2, 0) is 6.42 Å². The summed E-state index contributed by atoms with van der Waals surface area (Å²) in [4.78, 5) is 13.2. The number of aliphatic hydroxyl groups excluding tert-OH is 1.